The van der Waals surface area contributed by atoms with Crippen molar-refractivity contribution in [2.45, 2.75) is 33.2 Å². The maximum Gasteiger partial charge on any atom is 0.177 e. The van der Waals surface area contributed by atoms with Gasteiger partial charge in [0.15, 0.2) is 17.9 Å². The Morgan fingerprint density at radius 1 is 0.882 bits per heavy atom. The standard InChI is InChI=1S/C16H20N/c1-13-7-9-14(10-8-13)15-6-5-11-17(12-15)16(2,3)4/h5-12H,1-4H3/q+1. The quantitative estimate of drug-likeness (QED) is 0.653. The van der Waals surface area contributed by atoms with Crippen molar-refractivity contribution >= 4 is 0 Å². The number of aromatic nitrogens is 1. The number of rotatable bonds is 1. The van der Waals surface area contributed by atoms with E-state index in [9.17, 15) is 0 Å². The molecular weight excluding hydrogens is 206 g/mol. The van der Waals surface area contributed by atoms with E-state index in [1.165, 1.54) is 16.7 Å². The van der Waals surface area contributed by atoms with Crippen LogP contribution in [0.2, 0.25) is 0 Å². The van der Waals surface area contributed by atoms with E-state index in [4.69, 9.17) is 0 Å². The molecule has 0 aliphatic rings. The van der Waals surface area contributed by atoms with Crippen LogP contribution in [0.4, 0.5) is 0 Å². The van der Waals surface area contributed by atoms with Gasteiger partial charge < -0.3 is 0 Å². The van der Waals surface area contributed by atoms with Crippen LogP contribution in [0.5, 0.6) is 0 Å². The molecule has 1 heteroatoms. The Balaban J connectivity index is 2.43. The maximum absolute atomic E-state index is 2.25. The lowest BCUT2D eigenvalue weighted by Gasteiger charge is -2.13. The predicted molar refractivity (Wildman–Crippen MR) is 71.8 cm³/mol. The maximum atomic E-state index is 2.25. The molecule has 0 N–H and O–H groups in total. The van der Waals surface area contributed by atoms with Crippen LogP contribution in [-0.2, 0) is 5.54 Å². The van der Waals surface area contributed by atoms with Crippen molar-refractivity contribution in [3.8, 4) is 11.1 Å². The third-order valence-electron chi connectivity index (χ3n) is 2.96. The number of benzene rings is 1. The third-order valence-corrected chi connectivity index (χ3v) is 2.96. The average molecular weight is 226 g/mol. The Bertz CT molecular complexity index is 504. The summed E-state index contributed by atoms with van der Waals surface area (Å²) < 4.78 is 2.25. The van der Waals surface area contributed by atoms with Crippen LogP contribution >= 0.6 is 0 Å². The first-order valence-electron chi connectivity index (χ1n) is 6.06. The highest BCUT2D eigenvalue weighted by Gasteiger charge is 2.21. The Morgan fingerprint density at radius 3 is 2.12 bits per heavy atom. The fourth-order valence-electron chi connectivity index (χ4n) is 1.81. The lowest BCUT2D eigenvalue weighted by molar-refractivity contribution is -0.753. The molecule has 1 aromatic heterocycles. The molecule has 1 heterocycles. The first-order chi connectivity index (χ1) is 7.97. The summed E-state index contributed by atoms with van der Waals surface area (Å²) >= 11 is 0. The molecule has 0 aliphatic heterocycles. The van der Waals surface area contributed by atoms with Crippen molar-refractivity contribution in [1.29, 1.82) is 0 Å². The minimum atomic E-state index is 0.126. The zero-order valence-corrected chi connectivity index (χ0v) is 11.1. The zero-order chi connectivity index (χ0) is 12.5. The molecule has 0 spiro atoms. The van der Waals surface area contributed by atoms with Crippen LogP contribution in [0.3, 0.4) is 0 Å². The van der Waals surface area contributed by atoms with Crippen molar-refractivity contribution in [1.82, 2.24) is 0 Å². The molecule has 0 fully saturated rings. The first kappa shape index (κ1) is 11.8. The SMILES string of the molecule is Cc1ccc(-c2ccc[n+](C(C)(C)C)c2)cc1. The number of nitrogens with zero attached hydrogens (tertiary/aromatic N) is 1. The van der Waals surface area contributed by atoms with Gasteiger partial charge in [-0.1, -0.05) is 29.8 Å². The Hall–Kier alpha value is -1.63. The second-order valence-electron chi connectivity index (χ2n) is 5.54. The number of hydrogen-bond acceptors (Lipinski definition) is 0. The van der Waals surface area contributed by atoms with E-state index in [1.807, 2.05) is 0 Å². The molecule has 0 atom stereocenters. The van der Waals surface area contributed by atoms with Gasteiger partial charge in [-0.3, -0.25) is 0 Å². The van der Waals surface area contributed by atoms with Crippen LogP contribution in [0.15, 0.2) is 48.8 Å². The molecule has 2 rings (SSSR count). The smallest absolute Gasteiger partial charge is 0.177 e. The van der Waals surface area contributed by atoms with Gasteiger partial charge in [0.2, 0.25) is 0 Å². The summed E-state index contributed by atoms with van der Waals surface area (Å²) in [5.74, 6) is 0. The fourth-order valence-corrected chi connectivity index (χ4v) is 1.81. The van der Waals surface area contributed by atoms with Crippen LogP contribution in [0.1, 0.15) is 26.3 Å². The van der Waals surface area contributed by atoms with Crippen LogP contribution < -0.4 is 4.57 Å². The summed E-state index contributed by atoms with van der Waals surface area (Å²) in [5, 5.41) is 0. The van der Waals surface area contributed by atoms with Gasteiger partial charge in [-0.25, -0.2) is 4.57 Å². The molecule has 0 saturated carbocycles. The lowest BCUT2D eigenvalue weighted by Crippen LogP contribution is -2.49. The lowest BCUT2D eigenvalue weighted by atomic mass is 10.0. The monoisotopic (exact) mass is 226 g/mol. The van der Waals surface area contributed by atoms with Gasteiger partial charge in [-0.05, 0) is 18.6 Å². The molecule has 1 nitrogen and oxygen atoms in total. The fraction of sp³-hybridized carbons (Fsp3) is 0.312. The summed E-state index contributed by atoms with van der Waals surface area (Å²) in [7, 11) is 0. The summed E-state index contributed by atoms with van der Waals surface area (Å²) in [4.78, 5) is 0. The highest BCUT2D eigenvalue weighted by atomic mass is 15.0. The average Bonchev–Trinajstić information content (AvgIpc) is 2.29. The van der Waals surface area contributed by atoms with Crippen molar-refractivity contribution in [2.75, 3.05) is 0 Å². The molecule has 0 saturated heterocycles. The highest BCUT2D eigenvalue weighted by Crippen LogP contribution is 2.18. The topological polar surface area (TPSA) is 3.88 Å². The number of aryl methyl sites for hydroxylation is 1. The van der Waals surface area contributed by atoms with Crippen molar-refractivity contribution < 1.29 is 4.57 Å². The van der Waals surface area contributed by atoms with Crippen LogP contribution in [-0.4, -0.2) is 0 Å². The molecule has 0 radical (unpaired) electrons. The van der Waals surface area contributed by atoms with Crippen molar-refractivity contribution in [3.05, 3.63) is 54.4 Å². The van der Waals surface area contributed by atoms with Gasteiger partial charge in [-0.2, -0.15) is 0 Å². The summed E-state index contributed by atoms with van der Waals surface area (Å²) in [5.41, 5.74) is 3.96. The van der Waals surface area contributed by atoms with E-state index in [1.54, 1.807) is 0 Å². The molecule has 0 amide bonds. The molecular formula is C16H20N+. The minimum Gasteiger partial charge on any atom is -0.200 e. The van der Waals surface area contributed by atoms with E-state index < -0.39 is 0 Å². The molecule has 0 unspecified atom stereocenters. The van der Waals surface area contributed by atoms with E-state index in [0.29, 0.717) is 0 Å². The predicted octanol–water partition coefficient (Wildman–Crippen LogP) is 3.70. The summed E-state index contributed by atoms with van der Waals surface area (Å²) in [6.45, 7) is 8.76. The van der Waals surface area contributed by atoms with Gasteiger partial charge in [0.25, 0.3) is 0 Å². The van der Waals surface area contributed by atoms with Gasteiger partial charge in [0.1, 0.15) is 0 Å². The largest absolute Gasteiger partial charge is 0.200 e. The Kier molecular flexibility index (Phi) is 3.01. The molecule has 17 heavy (non-hydrogen) atoms. The van der Waals surface area contributed by atoms with Gasteiger partial charge in [0, 0.05) is 32.4 Å². The molecule has 1 aromatic carbocycles. The van der Waals surface area contributed by atoms with Crippen molar-refractivity contribution in [2.24, 2.45) is 0 Å². The molecule has 0 bridgehead atoms. The van der Waals surface area contributed by atoms with Crippen molar-refractivity contribution in [3.63, 3.8) is 0 Å². The Morgan fingerprint density at radius 2 is 1.53 bits per heavy atom. The third kappa shape index (κ3) is 2.73. The van der Waals surface area contributed by atoms with Crippen LogP contribution in [0.25, 0.3) is 11.1 Å². The molecule has 2 aromatic rings. The number of hydrogen-bond donors (Lipinski definition) is 0. The zero-order valence-electron chi connectivity index (χ0n) is 11.1. The minimum absolute atomic E-state index is 0.126. The van der Waals surface area contributed by atoms with Gasteiger partial charge in [-0.15, -0.1) is 0 Å². The van der Waals surface area contributed by atoms with E-state index in [0.717, 1.165) is 0 Å². The molecule has 88 valence electrons. The highest BCUT2D eigenvalue weighted by molar-refractivity contribution is 5.61. The van der Waals surface area contributed by atoms with E-state index >= 15 is 0 Å². The van der Waals surface area contributed by atoms with E-state index in [2.05, 4.69) is 81.1 Å². The van der Waals surface area contributed by atoms with Crippen LogP contribution in [0, 0.1) is 6.92 Å². The normalized spacial score (nSPS) is 11.5. The number of pyridine rings is 1. The first-order valence-corrected chi connectivity index (χ1v) is 6.06. The van der Waals surface area contributed by atoms with E-state index in [-0.39, 0.29) is 5.54 Å². The van der Waals surface area contributed by atoms with Gasteiger partial charge in [0.05, 0.1) is 0 Å². The molecule has 0 aliphatic carbocycles. The second-order valence-corrected chi connectivity index (χ2v) is 5.54. The Labute approximate surface area is 104 Å². The summed E-state index contributed by atoms with van der Waals surface area (Å²) in [6.07, 6.45) is 4.34. The van der Waals surface area contributed by atoms with Gasteiger partial charge >= 0.3 is 0 Å². The second kappa shape index (κ2) is 4.33. The summed E-state index contributed by atoms with van der Waals surface area (Å²) in [6, 6.07) is 12.9.